The molecule has 2 N–H and O–H groups in total. The fourth-order valence-corrected chi connectivity index (χ4v) is 7.50. The zero-order valence-corrected chi connectivity index (χ0v) is 26.7. The summed E-state index contributed by atoms with van der Waals surface area (Å²) in [5.41, 5.74) is 6.99. The van der Waals surface area contributed by atoms with Crippen LogP contribution in [0.15, 0.2) is 70.9 Å². The fraction of sp³-hybridized carbons (Fsp3) is 0.429. The van der Waals surface area contributed by atoms with Crippen LogP contribution >= 0.6 is 0 Å². The standard InChI is InChI=1S/C35H40N8O4/c1-39-18-23(14-29(35(39)46)38-33-7-6-24(15-37-33)40-8-10-41(11-9-40)25-21-47-22-25)27-16-36-17-31(28(27)20-44)42-12-13-43-30-5-3-2-4-26(30)34(45)32(43)19-42/h6-7,14-19,25,44H,2-5,8-13,20-22H2,1H3,(H,37,38). The topological polar surface area (TPSA) is 119 Å². The predicted octanol–water partition coefficient (Wildman–Crippen LogP) is 2.97. The van der Waals surface area contributed by atoms with Crippen LogP contribution in [0.1, 0.15) is 31.2 Å². The van der Waals surface area contributed by atoms with Crippen LogP contribution in [0.4, 0.5) is 22.9 Å². The number of carbonyl (C=O) groups is 1. The molecule has 0 radical (unpaired) electrons. The number of hydrogen-bond acceptors (Lipinski definition) is 11. The predicted molar refractivity (Wildman–Crippen MR) is 179 cm³/mol. The zero-order valence-electron chi connectivity index (χ0n) is 26.7. The molecule has 12 nitrogen and oxygen atoms in total. The number of piperazine rings is 1. The molecule has 0 spiro atoms. The van der Waals surface area contributed by atoms with E-state index in [1.807, 2.05) is 29.4 Å². The lowest BCUT2D eigenvalue weighted by Gasteiger charge is -2.43. The molecule has 3 aromatic heterocycles. The monoisotopic (exact) mass is 636 g/mol. The molecule has 3 aromatic rings. The van der Waals surface area contributed by atoms with Crippen molar-refractivity contribution in [2.75, 3.05) is 67.6 Å². The number of ether oxygens (including phenoxy) is 1. The van der Waals surface area contributed by atoms with Gasteiger partial charge in [0.15, 0.2) is 0 Å². The molecule has 0 saturated carbocycles. The Bertz CT molecular complexity index is 1820. The first-order chi connectivity index (χ1) is 23.0. The summed E-state index contributed by atoms with van der Waals surface area (Å²) in [4.78, 5) is 44.7. The molecule has 0 bridgehead atoms. The van der Waals surface area contributed by atoms with Crippen molar-refractivity contribution < 1.29 is 14.6 Å². The van der Waals surface area contributed by atoms with Gasteiger partial charge in [0.1, 0.15) is 17.2 Å². The Morgan fingerprint density at radius 2 is 1.83 bits per heavy atom. The van der Waals surface area contributed by atoms with Crippen LogP contribution in [0.2, 0.25) is 0 Å². The molecule has 2 fully saturated rings. The van der Waals surface area contributed by atoms with Gasteiger partial charge >= 0.3 is 0 Å². The Labute approximate surface area is 273 Å². The molecule has 4 aliphatic heterocycles. The number of aliphatic hydroxyl groups excluding tert-OH is 1. The van der Waals surface area contributed by atoms with Crippen molar-refractivity contribution in [3.8, 4) is 11.1 Å². The van der Waals surface area contributed by atoms with Crippen molar-refractivity contribution in [1.82, 2.24) is 24.3 Å². The SMILES string of the molecule is Cn1cc(-c2cncc(N3C=C4C(=O)C5=C(CCCC5)N4CC3)c2CO)cc(Nc2ccc(N3CCN(C4COC4)CC3)cn2)c1=O. The number of nitrogens with one attached hydrogen (secondary N) is 1. The van der Waals surface area contributed by atoms with Crippen LogP contribution in [0.5, 0.6) is 0 Å². The maximum Gasteiger partial charge on any atom is 0.274 e. The highest BCUT2D eigenvalue weighted by Crippen LogP contribution is 2.41. The molecule has 0 aromatic carbocycles. The van der Waals surface area contributed by atoms with Crippen molar-refractivity contribution in [3.05, 3.63) is 82.1 Å². The number of ketones is 1. The summed E-state index contributed by atoms with van der Waals surface area (Å²) >= 11 is 0. The van der Waals surface area contributed by atoms with Gasteiger partial charge in [0.05, 0.1) is 49.6 Å². The Balaban J connectivity index is 1.03. The molecule has 8 rings (SSSR count). The van der Waals surface area contributed by atoms with Crippen molar-refractivity contribution >= 4 is 28.7 Å². The minimum absolute atomic E-state index is 0.122. The number of rotatable bonds is 7. The van der Waals surface area contributed by atoms with Crippen LogP contribution in [0.25, 0.3) is 11.1 Å². The van der Waals surface area contributed by atoms with Crippen LogP contribution in [-0.2, 0) is 23.2 Å². The number of nitrogens with zero attached hydrogens (tertiary/aromatic N) is 7. The Hall–Kier alpha value is -4.52. The van der Waals surface area contributed by atoms with Crippen molar-refractivity contribution in [3.63, 3.8) is 0 Å². The maximum atomic E-state index is 13.3. The first-order valence-corrected chi connectivity index (χ1v) is 16.6. The molecule has 7 heterocycles. The summed E-state index contributed by atoms with van der Waals surface area (Å²) in [6.07, 6.45) is 13.0. The summed E-state index contributed by atoms with van der Waals surface area (Å²) in [6.45, 7) is 6.71. The normalized spacial score (nSPS) is 20.3. The number of aryl methyl sites for hydroxylation is 1. The van der Waals surface area contributed by atoms with Gasteiger partial charge in [0, 0.05) is 92.9 Å². The van der Waals surface area contributed by atoms with E-state index in [4.69, 9.17) is 4.74 Å². The molecule has 5 aliphatic rings. The third kappa shape index (κ3) is 5.39. The number of aromatic nitrogens is 3. The summed E-state index contributed by atoms with van der Waals surface area (Å²) in [7, 11) is 1.71. The van der Waals surface area contributed by atoms with Crippen molar-refractivity contribution in [2.24, 2.45) is 7.05 Å². The van der Waals surface area contributed by atoms with E-state index in [1.54, 1.807) is 31.7 Å². The lowest BCUT2D eigenvalue weighted by atomic mass is 9.96. The highest BCUT2D eigenvalue weighted by atomic mass is 16.5. The van der Waals surface area contributed by atoms with E-state index >= 15 is 0 Å². The molecule has 12 heteroatoms. The zero-order chi connectivity index (χ0) is 32.1. The number of Topliss-reactive ketones (excluding diaryl/α,β-unsaturated/α-hetero) is 1. The number of carbonyl (C=O) groups excluding carboxylic acids is 1. The van der Waals surface area contributed by atoms with E-state index in [2.05, 4.69) is 30.0 Å². The van der Waals surface area contributed by atoms with Gasteiger partial charge in [-0.15, -0.1) is 0 Å². The summed E-state index contributed by atoms with van der Waals surface area (Å²) < 4.78 is 6.88. The Morgan fingerprint density at radius 3 is 2.57 bits per heavy atom. The summed E-state index contributed by atoms with van der Waals surface area (Å²) in [5, 5.41) is 13.9. The van der Waals surface area contributed by atoms with Gasteiger partial charge in [-0.05, 0) is 43.9 Å². The van der Waals surface area contributed by atoms with E-state index in [9.17, 15) is 14.7 Å². The highest BCUT2D eigenvalue weighted by molar-refractivity contribution is 6.11. The number of pyridine rings is 3. The van der Waals surface area contributed by atoms with E-state index in [0.717, 1.165) is 93.2 Å². The van der Waals surface area contributed by atoms with Crippen LogP contribution < -0.4 is 20.7 Å². The van der Waals surface area contributed by atoms with Gasteiger partial charge in [-0.25, -0.2) is 4.98 Å². The number of allylic oxidation sites excluding steroid dienone is 2. The van der Waals surface area contributed by atoms with Crippen LogP contribution in [-0.4, -0.2) is 93.7 Å². The molecule has 47 heavy (non-hydrogen) atoms. The molecular weight excluding hydrogens is 596 g/mol. The molecular formula is C35H40N8O4. The van der Waals surface area contributed by atoms with Gasteiger partial charge in [-0.2, -0.15) is 0 Å². The highest BCUT2D eigenvalue weighted by Gasteiger charge is 2.38. The van der Waals surface area contributed by atoms with Crippen molar-refractivity contribution in [2.45, 2.75) is 38.3 Å². The Morgan fingerprint density at radius 1 is 1.00 bits per heavy atom. The van der Waals surface area contributed by atoms with E-state index in [-0.39, 0.29) is 17.9 Å². The van der Waals surface area contributed by atoms with E-state index < -0.39 is 0 Å². The smallest absolute Gasteiger partial charge is 0.274 e. The average molecular weight is 637 g/mol. The molecule has 244 valence electrons. The summed E-state index contributed by atoms with van der Waals surface area (Å²) in [5.74, 6) is 0.695. The number of fused-ring (bicyclic) bond motifs is 2. The molecule has 0 unspecified atom stereocenters. The third-order valence-electron chi connectivity index (χ3n) is 10.2. The maximum absolute atomic E-state index is 13.3. The lowest BCUT2D eigenvalue weighted by Crippen LogP contribution is -2.56. The molecule has 0 atom stereocenters. The van der Waals surface area contributed by atoms with Crippen LogP contribution in [0, 0.1) is 0 Å². The molecule has 0 amide bonds. The second-order valence-corrected chi connectivity index (χ2v) is 13.0. The number of anilines is 4. The lowest BCUT2D eigenvalue weighted by molar-refractivity contribution is -0.112. The fourth-order valence-electron chi connectivity index (χ4n) is 7.50. The van der Waals surface area contributed by atoms with Gasteiger partial charge in [0.25, 0.3) is 5.56 Å². The number of aliphatic hydroxyl groups is 1. The van der Waals surface area contributed by atoms with Gasteiger partial charge < -0.3 is 34.4 Å². The quantitative estimate of drug-likeness (QED) is 0.399. The first-order valence-electron chi connectivity index (χ1n) is 16.6. The Kier molecular flexibility index (Phi) is 7.78. The molecule has 1 aliphatic carbocycles. The van der Waals surface area contributed by atoms with Crippen LogP contribution in [0.3, 0.4) is 0 Å². The minimum atomic E-state index is -0.226. The van der Waals surface area contributed by atoms with Gasteiger partial charge in [0.2, 0.25) is 5.78 Å². The van der Waals surface area contributed by atoms with Gasteiger partial charge in [-0.1, -0.05) is 0 Å². The first kappa shape index (κ1) is 29.9. The number of hydrogen-bond donors (Lipinski definition) is 2. The summed E-state index contributed by atoms with van der Waals surface area (Å²) in [6, 6.07) is 6.29. The van der Waals surface area contributed by atoms with Gasteiger partial charge in [-0.3, -0.25) is 19.5 Å². The average Bonchev–Trinajstić information content (AvgIpc) is 3.37. The van der Waals surface area contributed by atoms with E-state index in [1.165, 1.54) is 10.3 Å². The second-order valence-electron chi connectivity index (χ2n) is 13.0. The second kappa shape index (κ2) is 12.3. The van der Waals surface area contributed by atoms with E-state index in [0.29, 0.717) is 41.9 Å². The largest absolute Gasteiger partial charge is 0.392 e. The molecule has 2 saturated heterocycles. The van der Waals surface area contributed by atoms with Crippen molar-refractivity contribution in [1.29, 1.82) is 0 Å². The minimum Gasteiger partial charge on any atom is -0.392 e. The third-order valence-corrected chi connectivity index (χ3v) is 10.2.